The molecule has 0 aliphatic heterocycles. The number of amides is 2. The van der Waals surface area contributed by atoms with Crippen molar-refractivity contribution in [2.24, 2.45) is 0 Å². The maximum absolute atomic E-state index is 12.8. The number of hydrogen-bond acceptors (Lipinski definition) is 4. The van der Waals surface area contributed by atoms with E-state index in [4.69, 9.17) is 4.42 Å². The van der Waals surface area contributed by atoms with Gasteiger partial charge >= 0.3 is 0 Å². The van der Waals surface area contributed by atoms with Crippen LogP contribution >= 0.6 is 0 Å². The Balaban J connectivity index is 1.59. The first-order chi connectivity index (χ1) is 13.7. The number of hydrogen-bond donors (Lipinski definition) is 3. The maximum atomic E-state index is 12.8. The van der Waals surface area contributed by atoms with Gasteiger partial charge in [-0.25, -0.2) is 0 Å². The number of H-pyrrole nitrogens is 1. The summed E-state index contributed by atoms with van der Waals surface area (Å²) in [4.78, 5) is 25.3. The molecule has 0 aliphatic rings. The molecule has 138 valence electrons. The first-order valence-corrected chi connectivity index (χ1v) is 8.55. The van der Waals surface area contributed by atoms with Crippen LogP contribution in [0.5, 0.6) is 0 Å². The molecule has 4 aromatic rings. The second-order valence-corrected chi connectivity index (χ2v) is 6.02. The molecule has 2 heterocycles. The van der Waals surface area contributed by atoms with Gasteiger partial charge in [0.25, 0.3) is 11.8 Å². The molecule has 4 rings (SSSR count). The zero-order valence-corrected chi connectivity index (χ0v) is 14.7. The Morgan fingerprint density at radius 2 is 1.89 bits per heavy atom. The molecule has 7 heteroatoms. The number of furan rings is 1. The van der Waals surface area contributed by atoms with Gasteiger partial charge in [0.15, 0.2) is 0 Å². The second-order valence-electron chi connectivity index (χ2n) is 6.02. The van der Waals surface area contributed by atoms with Gasteiger partial charge < -0.3 is 15.1 Å². The van der Waals surface area contributed by atoms with Crippen molar-refractivity contribution in [3.8, 4) is 0 Å². The second kappa shape index (κ2) is 7.63. The molecular weight excluding hydrogens is 356 g/mol. The average molecular weight is 372 g/mol. The molecule has 7 nitrogen and oxygen atoms in total. The Morgan fingerprint density at radius 1 is 1.04 bits per heavy atom. The van der Waals surface area contributed by atoms with E-state index in [1.165, 1.54) is 12.3 Å². The highest BCUT2D eigenvalue weighted by molar-refractivity contribution is 6.10. The first kappa shape index (κ1) is 17.3. The Labute approximate surface area is 160 Å². The lowest BCUT2D eigenvalue weighted by atomic mass is 10.2. The standard InChI is InChI=1S/C21H16N4O3/c26-20(14-5-2-1-3-6-14)24-19(12-17-7-4-10-28-17)21(27)23-16-8-9-18-15(11-16)13-22-25-18/h1-13H,(H,22,25)(H,23,27)(H,24,26)/b19-12-. The van der Waals surface area contributed by atoms with Gasteiger partial charge in [-0.3, -0.25) is 14.7 Å². The number of aromatic amines is 1. The van der Waals surface area contributed by atoms with Gasteiger partial charge in [0, 0.05) is 22.7 Å². The minimum atomic E-state index is -0.469. The number of nitrogens with one attached hydrogen (secondary N) is 3. The molecule has 0 aliphatic carbocycles. The van der Waals surface area contributed by atoms with E-state index in [0.29, 0.717) is 17.0 Å². The van der Waals surface area contributed by atoms with E-state index in [0.717, 1.165) is 10.9 Å². The predicted molar refractivity (Wildman–Crippen MR) is 105 cm³/mol. The molecule has 0 unspecified atom stereocenters. The van der Waals surface area contributed by atoms with Crippen molar-refractivity contribution < 1.29 is 14.0 Å². The summed E-state index contributed by atoms with van der Waals surface area (Å²) < 4.78 is 5.28. The summed E-state index contributed by atoms with van der Waals surface area (Å²) in [6, 6.07) is 17.4. The quantitative estimate of drug-likeness (QED) is 0.466. The van der Waals surface area contributed by atoms with Crippen LogP contribution in [0.25, 0.3) is 17.0 Å². The molecule has 0 saturated heterocycles. The first-order valence-electron chi connectivity index (χ1n) is 8.55. The molecule has 0 saturated carbocycles. The Kier molecular flexibility index (Phi) is 4.71. The maximum Gasteiger partial charge on any atom is 0.272 e. The minimum Gasteiger partial charge on any atom is -0.465 e. The third kappa shape index (κ3) is 3.83. The monoisotopic (exact) mass is 372 g/mol. The predicted octanol–water partition coefficient (Wildman–Crippen LogP) is 3.57. The smallest absolute Gasteiger partial charge is 0.272 e. The zero-order valence-electron chi connectivity index (χ0n) is 14.7. The van der Waals surface area contributed by atoms with Crippen molar-refractivity contribution in [1.82, 2.24) is 15.5 Å². The van der Waals surface area contributed by atoms with Crippen molar-refractivity contribution in [2.45, 2.75) is 0 Å². The molecule has 28 heavy (non-hydrogen) atoms. The van der Waals surface area contributed by atoms with Crippen LogP contribution in [0, 0.1) is 0 Å². The van der Waals surface area contributed by atoms with Crippen molar-refractivity contribution >= 4 is 34.5 Å². The van der Waals surface area contributed by atoms with Crippen LogP contribution in [0.4, 0.5) is 5.69 Å². The summed E-state index contributed by atoms with van der Waals surface area (Å²) in [6.07, 6.45) is 4.64. The fourth-order valence-electron chi connectivity index (χ4n) is 2.68. The number of rotatable bonds is 5. The summed E-state index contributed by atoms with van der Waals surface area (Å²) in [5.74, 6) is -0.411. The molecule has 0 radical (unpaired) electrons. The van der Waals surface area contributed by atoms with Gasteiger partial charge in [-0.1, -0.05) is 18.2 Å². The Hall–Kier alpha value is -4.13. The van der Waals surface area contributed by atoms with E-state index < -0.39 is 5.91 Å². The van der Waals surface area contributed by atoms with E-state index in [-0.39, 0.29) is 11.6 Å². The van der Waals surface area contributed by atoms with E-state index >= 15 is 0 Å². The van der Waals surface area contributed by atoms with E-state index in [1.807, 2.05) is 12.1 Å². The van der Waals surface area contributed by atoms with Crippen LogP contribution in [0.3, 0.4) is 0 Å². The summed E-state index contributed by atoms with van der Waals surface area (Å²) in [6.45, 7) is 0. The van der Waals surface area contributed by atoms with Crippen LogP contribution in [0.15, 0.2) is 83.2 Å². The van der Waals surface area contributed by atoms with E-state index in [2.05, 4.69) is 20.8 Å². The number of carbonyl (C=O) groups excluding carboxylic acids is 2. The summed E-state index contributed by atoms with van der Waals surface area (Å²) in [7, 11) is 0. The highest BCUT2D eigenvalue weighted by atomic mass is 16.3. The lowest BCUT2D eigenvalue weighted by molar-refractivity contribution is -0.113. The van der Waals surface area contributed by atoms with Gasteiger partial charge in [0.05, 0.1) is 18.0 Å². The number of anilines is 1. The number of fused-ring (bicyclic) bond motifs is 1. The van der Waals surface area contributed by atoms with Gasteiger partial charge in [-0.2, -0.15) is 5.10 Å². The van der Waals surface area contributed by atoms with Crippen LogP contribution in [-0.2, 0) is 4.79 Å². The highest BCUT2D eigenvalue weighted by Crippen LogP contribution is 2.18. The molecule has 2 aromatic heterocycles. The van der Waals surface area contributed by atoms with Crippen molar-refractivity contribution in [1.29, 1.82) is 0 Å². The topological polar surface area (TPSA) is 100 Å². The Morgan fingerprint density at radius 3 is 2.68 bits per heavy atom. The fraction of sp³-hybridized carbons (Fsp3) is 0. The molecule has 0 atom stereocenters. The lowest BCUT2D eigenvalue weighted by Gasteiger charge is -2.11. The Bertz CT molecular complexity index is 1140. The van der Waals surface area contributed by atoms with Gasteiger partial charge in [0.1, 0.15) is 11.5 Å². The SMILES string of the molecule is O=C(Nc1ccc2[nH]ncc2c1)/C(=C/c1ccco1)NC(=O)c1ccccc1. The van der Waals surface area contributed by atoms with Crippen molar-refractivity contribution in [2.75, 3.05) is 5.32 Å². The van der Waals surface area contributed by atoms with E-state index in [9.17, 15) is 9.59 Å². The molecule has 3 N–H and O–H groups in total. The molecule has 2 amide bonds. The minimum absolute atomic E-state index is 0.0658. The van der Waals surface area contributed by atoms with Crippen LogP contribution in [-0.4, -0.2) is 22.0 Å². The van der Waals surface area contributed by atoms with Crippen LogP contribution < -0.4 is 10.6 Å². The average Bonchev–Trinajstić information content (AvgIpc) is 3.39. The third-order valence-electron chi connectivity index (χ3n) is 4.06. The van der Waals surface area contributed by atoms with Crippen LogP contribution in [0.2, 0.25) is 0 Å². The molecule has 0 fully saturated rings. The molecule has 0 spiro atoms. The summed E-state index contributed by atoms with van der Waals surface area (Å²) in [5.41, 5.74) is 1.96. The molecule has 2 aromatic carbocycles. The van der Waals surface area contributed by atoms with Gasteiger partial charge in [-0.05, 0) is 42.5 Å². The van der Waals surface area contributed by atoms with E-state index in [1.54, 1.807) is 54.7 Å². The third-order valence-corrected chi connectivity index (χ3v) is 4.06. The zero-order chi connectivity index (χ0) is 19.3. The molecular formula is C21H16N4O3. The number of nitrogens with zero attached hydrogens (tertiary/aromatic N) is 1. The normalized spacial score (nSPS) is 11.4. The van der Waals surface area contributed by atoms with Crippen LogP contribution in [0.1, 0.15) is 16.1 Å². The highest BCUT2D eigenvalue weighted by Gasteiger charge is 2.16. The number of carbonyl (C=O) groups is 2. The number of benzene rings is 2. The fourth-order valence-corrected chi connectivity index (χ4v) is 2.68. The molecule has 0 bridgehead atoms. The summed E-state index contributed by atoms with van der Waals surface area (Å²) >= 11 is 0. The summed E-state index contributed by atoms with van der Waals surface area (Å²) in [5, 5.41) is 13.1. The van der Waals surface area contributed by atoms with Crippen molar-refractivity contribution in [3.63, 3.8) is 0 Å². The largest absolute Gasteiger partial charge is 0.465 e. The lowest BCUT2D eigenvalue weighted by Crippen LogP contribution is -2.30. The van der Waals surface area contributed by atoms with Gasteiger partial charge in [0.2, 0.25) is 0 Å². The van der Waals surface area contributed by atoms with Gasteiger partial charge in [-0.15, -0.1) is 0 Å². The number of aromatic nitrogens is 2. The van der Waals surface area contributed by atoms with Crippen molar-refractivity contribution in [3.05, 3.63) is 90.1 Å².